The van der Waals surface area contributed by atoms with Crippen LogP contribution in [-0.4, -0.2) is 12.1 Å². The molecule has 2 rings (SSSR count). The Hall–Kier alpha value is -1.32. The maximum Gasteiger partial charge on any atom is 0.221 e. The smallest absolute Gasteiger partial charge is 0.221 e. The van der Waals surface area contributed by atoms with Gasteiger partial charge in [0.1, 0.15) is 5.75 Å². The van der Waals surface area contributed by atoms with Gasteiger partial charge in [-0.25, -0.2) is 4.98 Å². The van der Waals surface area contributed by atoms with Crippen molar-refractivity contribution in [1.82, 2.24) is 4.98 Å². The molecule has 5 heteroatoms. The number of ether oxygens (including phenoxy) is 1. The number of halogens is 3. The van der Waals surface area contributed by atoms with E-state index >= 15 is 0 Å². The molecule has 0 aliphatic carbocycles. The van der Waals surface area contributed by atoms with Gasteiger partial charge < -0.3 is 4.74 Å². The quantitative estimate of drug-likeness (QED) is 0.764. The highest BCUT2D eigenvalue weighted by Gasteiger charge is 2.14. The van der Waals surface area contributed by atoms with Crippen LogP contribution in [0.1, 0.15) is 0 Å². The normalized spacial score (nSPS) is 10.4. The van der Waals surface area contributed by atoms with Crippen molar-refractivity contribution in [2.24, 2.45) is 0 Å². The van der Waals surface area contributed by atoms with Crippen molar-refractivity contribution < 1.29 is 9.13 Å². The molecule has 0 N–H and O–H groups in total. The van der Waals surface area contributed by atoms with Crippen LogP contribution in [0.15, 0.2) is 30.5 Å². The van der Waals surface area contributed by atoms with E-state index in [1.165, 1.54) is 19.4 Å². The van der Waals surface area contributed by atoms with Crippen LogP contribution >= 0.6 is 23.2 Å². The number of aromatic nitrogens is 1. The molecule has 1 aromatic carbocycles. The molecule has 0 aliphatic heterocycles. The standard InChI is InChI=1S/C12H8Cl2FNO/c1-17-7-5-8(12(15)16-6-7)11-9(13)3-2-4-10(11)14/h2-6H,1H3. The summed E-state index contributed by atoms with van der Waals surface area (Å²) in [5, 5.41) is 0.734. The Kier molecular flexibility index (Phi) is 3.50. The zero-order chi connectivity index (χ0) is 12.4. The van der Waals surface area contributed by atoms with Gasteiger partial charge in [0, 0.05) is 11.1 Å². The van der Waals surface area contributed by atoms with Crippen LogP contribution in [0.4, 0.5) is 4.39 Å². The summed E-state index contributed by atoms with van der Waals surface area (Å²) in [5.74, 6) is -0.196. The van der Waals surface area contributed by atoms with Gasteiger partial charge in [-0.1, -0.05) is 29.3 Å². The Balaban J connectivity index is 2.67. The fourth-order valence-electron chi connectivity index (χ4n) is 1.47. The SMILES string of the molecule is COc1cnc(F)c(-c2c(Cl)cccc2Cl)c1. The number of nitrogens with zero attached hydrogens (tertiary/aromatic N) is 1. The summed E-state index contributed by atoms with van der Waals surface area (Å²) in [5.41, 5.74) is 0.639. The van der Waals surface area contributed by atoms with E-state index in [-0.39, 0.29) is 5.56 Å². The Bertz CT molecular complexity index is 540. The van der Waals surface area contributed by atoms with Gasteiger partial charge in [-0.15, -0.1) is 0 Å². The Morgan fingerprint density at radius 2 is 1.88 bits per heavy atom. The second-order valence-corrected chi connectivity index (χ2v) is 4.12. The minimum Gasteiger partial charge on any atom is -0.495 e. The van der Waals surface area contributed by atoms with Gasteiger partial charge in [0.15, 0.2) is 0 Å². The maximum atomic E-state index is 13.7. The summed E-state index contributed by atoms with van der Waals surface area (Å²) in [4.78, 5) is 3.60. The number of benzene rings is 1. The molecule has 1 heterocycles. The lowest BCUT2D eigenvalue weighted by Gasteiger charge is -2.09. The molecule has 0 unspecified atom stereocenters. The molecular weight excluding hydrogens is 264 g/mol. The average molecular weight is 272 g/mol. The number of hydrogen-bond acceptors (Lipinski definition) is 2. The molecule has 2 aromatic rings. The van der Waals surface area contributed by atoms with E-state index < -0.39 is 5.95 Å². The maximum absolute atomic E-state index is 13.7. The van der Waals surface area contributed by atoms with E-state index in [0.717, 1.165) is 0 Å². The lowest BCUT2D eigenvalue weighted by atomic mass is 10.1. The second-order valence-electron chi connectivity index (χ2n) is 3.31. The Labute approximate surface area is 108 Å². The number of rotatable bonds is 2. The predicted octanol–water partition coefficient (Wildman–Crippen LogP) is 4.20. The molecule has 0 fully saturated rings. The highest BCUT2D eigenvalue weighted by atomic mass is 35.5. The number of methoxy groups -OCH3 is 1. The van der Waals surface area contributed by atoms with Crippen molar-refractivity contribution in [2.45, 2.75) is 0 Å². The van der Waals surface area contributed by atoms with E-state index in [1.54, 1.807) is 18.2 Å². The van der Waals surface area contributed by atoms with E-state index in [9.17, 15) is 4.39 Å². The third-order valence-electron chi connectivity index (χ3n) is 2.28. The zero-order valence-corrected chi connectivity index (χ0v) is 10.4. The largest absolute Gasteiger partial charge is 0.495 e. The first kappa shape index (κ1) is 12.1. The predicted molar refractivity (Wildman–Crippen MR) is 66.2 cm³/mol. The molecule has 2 nitrogen and oxygen atoms in total. The number of hydrogen-bond donors (Lipinski definition) is 0. The monoisotopic (exact) mass is 271 g/mol. The van der Waals surface area contributed by atoms with Gasteiger partial charge in [0.25, 0.3) is 0 Å². The van der Waals surface area contributed by atoms with Gasteiger partial charge >= 0.3 is 0 Å². The molecule has 0 amide bonds. The molecule has 88 valence electrons. The van der Waals surface area contributed by atoms with Crippen LogP contribution in [0.25, 0.3) is 11.1 Å². The highest BCUT2D eigenvalue weighted by molar-refractivity contribution is 6.39. The Morgan fingerprint density at radius 1 is 1.24 bits per heavy atom. The van der Waals surface area contributed by atoms with Crippen LogP contribution in [0.3, 0.4) is 0 Å². The molecule has 0 radical (unpaired) electrons. The highest BCUT2D eigenvalue weighted by Crippen LogP contribution is 2.36. The lowest BCUT2D eigenvalue weighted by molar-refractivity contribution is 0.410. The molecule has 0 atom stereocenters. The molecule has 1 aromatic heterocycles. The molecular formula is C12H8Cl2FNO. The summed E-state index contributed by atoms with van der Waals surface area (Å²) in [6.45, 7) is 0. The summed E-state index contributed by atoms with van der Waals surface area (Å²) in [6.07, 6.45) is 1.30. The molecule has 17 heavy (non-hydrogen) atoms. The van der Waals surface area contributed by atoms with Gasteiger partial charge in [0.2, 0.25) is 5.95 Å². The number of pyridine rings is 1. The van der Waals surface area contributed by atoms with Gasteiger partial charge in [0.05, 0.1) is 23.4 Å². The van der Waals surface area contributed by atoms with E-state index in [0.29, 0.717) is 21.4 Å². The van der Waals surface area contributed by atoms with Crippen molar-refractivity contribution in [2.75, 3.05) is 7.11 Å². The van der Waals surface area contributed by atoms with Crippen molar-refractivity contribution in [1.29, 1.82) is 0 Å². The molecule has 0 saturated carbocycles. The van der Waals surface area contributed by atoms with Gasteiger partial charge in [-0.3, -0.25) is 0 Å². The lowest BCUT2D eigenvalue weighted by Crippen LogP contribution is -1.93. The summed E-state index contributed by atoms with van der Waals surface area (Å²) in [6, 6.07) is 6.48. The topological polar surface area (TPSA) is 22.1 Å². The fourth-order valence-corrected chi connectivity index (χ4v) is 2.07. The van der Waals surface area contributed by atoms with Crippen molar-refractivity contribution in [3.8, 4) is 16.9 Å². The minimum absolute atomic E-state index is 0.222. The first-order chi connectivity index (χ1) is 8.13. The first-order valence-corrected chi connectivity index (χ1v) is 5.53. The van der Waals surface area contributed by atoms with Crippen LogP contribution < -0.4 is 4.74 Å². The molecule has 0 saturated heterocycles. The molecule has 0 bridgehead atoms. The van der Waals surface area contributed by atoms with Gasteiger partial charge in [-0.2, -0.15) is 4.39 Å². The van der Waals surface area contributed by atoms with Crippen molar-refractivity contribution in [3.05, 3.63) is 46.5 Å². The van der Waals surface area contributed by atoms with E-state index in [2.05, 4.69) is 4.98 Å². The third-order valence-corrected chi connectivity index (χ3v) is 2.91. The van der Waals surface area contributed by atoms with E-state index in [4.69, 9.17) is 27.9 Å². The van der Waals surface area contributed by atoms with Crippen LogP contribution in [0.2, 0.25) is 10.0 Å². The zero-order valence-electron chi connectivity index (χ0n) is 8.88. The third kappa shape index (κ3) is 2.35. The van der Waals surface area contributed by atoms with Crippen LogP contribution in [0.5, 0.6) is 5.75 Å². The summed E-state index contributed by atoms with van der Waals surface area (Å²) < 4.78 is 18.7. The Morgan fingerprint density at radius 3 is 2.47 bits per heavy atom. The fraction of sp³-hybridized carbons (Fsp3) is 0.0833. The molecule has 0 spiro atoms. The minimum atomic E-state index is -0.638. The summed E-state index contributed by atoms with van der Waals surface area (Å²) in [7, 11) is 1.48. The summed E-state index contributed by atoms with van der Waals surface area (Å²) >= 11 is 12.0. The van der Waals surface area contributed by atoms with Gasteiger partial charge in [-0.05, 0) is 18.2 Å². The van der Waals surface area contributed by atoms with E-state index in [1.807, 2.05) is 0 Å². The molecule has 0 aliphatic rings. The van der Waals surface area contributed by atoms with Crippen molar-refractivity contribution in [3.63, 3.8) is 0 Å². The van der Waals surface area contributed by atoms with Crippen molar-refractivity contribution >= 4 is 23.2 Å². The van der Waals surface area contributed by atoms with Crippen LogP contribution in [0, 0.1) is 5.95 Å². The second kappa shape index (κ2) is 4.90. The first-order valence-electron chi connectivity index (χ1n) is 4.77. The average Bonchev–Trinajstić information content (AvgIpc) is 2.31. The van der Waals surface area contributed by atoms with Crippen LogP contribution in [-0.2, 0) is 0 Å².